The number of aryl methyl sites for hydroxylation is 1. The van der Waals surface area contributed by atoms with Crippen molar-refractivity contribution in [2.75, 3.05) is 5.32 Å². The van der Waals surface area contributed by atoms with Gasteiger partial charge in [0.15, 0.2) is 0 Å². The molecule has 2 atom stereocenters. The number of nitrogens with two attached hydrogens (primary N) is 1. The molecular weight excluding hydrogens is 212 g/mol. The van der Waals surface area contributed by atoms with Gasteiger partial charge in [-0.1, -0.05) is 24.6 Å². The highest BCUT2D eigenvalue weighted by atomic mass is 16.2. The third-order valence-electron chi connectivity index (χ3n) is 3.94. The summed E-state index contributed by atoms with van der Waals surface area (Å²) in [6.45, 7) is 3.96. The smallest absolute Gasteiger partial charge is 0.231 e. The van der Waals surface area contributed by atoms with Crippen molar-refractivity contribution in [2.24, 2.45) is 11.1 Å². The maximum Gasteiger partial charge on any atom is 0.231 e. The molecule has 1 aliphatic rings. The molecule has 0 saturated heterocycles. The summed E-state index contributed by atoms with van der Waals surface area (Å²) in [7, 11) is 0. The number of carbonyl (C=O) groups is 1. The van der Waals surface area contributed by atoms with Crippen molar-refractivity contribution in [3.63, 3.8) is 0 Å². The number of nitrogens with one attached hydrogen (secondary N) is 1. The van der Waals surface area contributed by atoms with Crippen LogP contribution in [0.25, 0.3) is 0 Å². The van der Waals surface area contributed by atoms with Gasteiger partial charge in [-0.2, -0.15) is 0 Å². The van der Waals surface area contributed by atoms with Gasteiger partial charge in [0.05, 0.1) is 5.41 Å². The number of hydrogen-bond donors (Lipinski definition) is 2. The number of hydrogen-bond acceptors (Lipinski definition) is 2. The third kappa shape index (κ3) is 2.20. The summed E-state index contributed by atoms with van der Waals surface area (Å²) in [4.78, 5) is 12.3. The summed E-state index contributed by atoms with van der Waals surface area (Å²) in [5, 5.41) is 3.00. The van der Waals surface area contributed by atoms with Crippen LogP contribution in [0.5, 0.6) is 0 Å². The fourth-order valence-corrected chi connectivity index (χ4v) is 2.45. The van der Waals surface area contributed by atoms with Gasteiger partial charge in [-0.3, -0.25) is 4.79 Å². The fourth-order valence-electron chi connectivity index (χ4n) is 2.45. The van der Waals surface area contributed by atoms with E-state index < -0.39 is 5.41 Å². The molecule has 92 valence electrons. The van der Waals surface area contributed by atoms with Crippen LogP contribution in [0.15, 0.2) is 24.3 Å². The van der Waals surface area contributed by atoms with E-state index in [0.29, 0.717) is 0 Å². The lowest BCUT2D eigenvalue weighted by molar-refractivity contribution is -0.125. The largest absolute Gasteiger partial charge is 0.327 e. The Balaban J connectivity index is 2.15. The monoisotopic (exact) mass is 232 g/mol. The minimum atomic E-state index is -0.414. The Labute approximate surface area is 102 Å². The minimum absolute atomic E-state index is 0.0217. The number of rotatable bonds is 2. The predicted molar refractivity (Wildman–Crippen MR) is 69.7 cm³/mol. The predicted octanol–water partition coefficient (Wildman–Crippen LogP) is 2.45. The van der Waals surface area contributed by atoms with Crippen LogP contribution in [0.2, 0.25) is 0 Å². The normalized spacial score (nSPS) is 28.1. The Morgan fingerprint density at radius 2 is 2.18 bits per heavy atom. The summed E-state index contributed by atoms with van der Waals surface area (Å²) in [6, 6.07) is 7.79. The maximum atomic E-state index is 12.3. The molecule has 1 fully saturated rings. The van der Waals surface area contributed by atoms with Crippen LogP contribution in [0, 0.1) is 12.3 Å². The quantitative estimate of drug-likeness (QED) is 0.823. The molecule has 0 radical (unpaired) electrons. The summed E-state index contributed by atoms with van der Waals surface area (Å²) >= 11 is 0. The molecule has 0 aromatic heterocycles. The van der Waals surface area contributed by atoms with Crippen molar-refractivity contribution >= 4 is 11.6 Å². The van der Waals surface area contributed by atoms with Gasteiger partial charge >= 0.3 is 0 Å². The van der Waals surface area contributed by atoms with E-state index in [1.54, 1.807) is 0 Å². The zero-order chi connectivity index (χ0) is 12.5. The lowest BCUT2D eigenvalue weighted by Crippen LogP contribution is -2.44. The van der Waals surface area contributed by atoms with Gasteiger partial charge in [0.25, 0.3) is 0 Å². The lowest BCUT2D eigenvalue weighted by atomic mass is 9.84. The van der Waals surface area contributed by atoms with E-state index in [1.165, 1.54) is 0 Å². The lowest BCUT2D eigenvalue weighted by Gasteiger charge is -2.27. The zero-order valence-electron chi connectivity index (χ0n) is 10.5. The molecule has 0 bridgehead atoms. The minimum Gasteiger partial charge on any atom is -0.327 e. The van der Waals surface area contributed by atoms with E-state index in [0.717, 1.165) is 30.5 Å². The molecule has 1 aliphatic carbocycles. The standard InChI is InChI=1S/C14H20N2O/c1-10-6-3-4-7-11(10)16-13(17)14(2)9-5-8-12(14)15/h3-4,6-7,12H,5,8-9,15H2,1-2H3,(H,16,17). The SMILES string of the molecule is Cc1ccccc1NC(=O)C1(C)CCCC1N. The van der Waals surface area contributed by atoms with Crippen LogP contribution in [-0.2, 0) is 4.79 Å². The number of para-hydroxylation sites is 1. The highest BCUT2D eigenvalue weighted by Gasteiger charge is 2.42. The molecule has 3 nitrogen and oxygen atoms in total. The number of amides is 1. The van der Waals surface area contributed by atoms with Gasteiger partial charge in [-0.15, -0.1) is 0 Å². The van der Waals surface area contributed by atoms with Crippen LogP contribution in [0.3, 0.4) is 0 Å². The average molecular weight is 232 g/mol. The molecule has 2 unspecified atom stereocenters. The Morgan fingerprint density at radius 3 is 2.76 bits per heavy atom. The second-order valence-electron chi connectivity index (χ2n) is 5.19. The topological polar surface area (TPSA) is 55.1 Å². The second-order valence-corrected chi connectivity index (χ2v) is 5.19. The molecule has 0 heterocycles. The Hall–Kier alpha value is -1.35. The molecule has 0 spiro atoms. The summed E-state index contributed by atoms with van der Waals surface area (Å²) in [5.74, 6) is 0.0526. The molecule has 3 N–H and O–H groups in total. The van der Waals surface area contributed by atoms with Gasteiger partial charge in [-0.25, -0.2) is 0 Å². The third-order valence-corrected chi connectivity index (χ3v) is 3.94. The zero-order valence-corrected chi connectivity index (χ0v) is 10.5. The van der Waals surface area contributed by atoms with Gasteiger partial charge in [0.1, 0.15) is 0 Å². The summed E-state index contributed by atoms with van der Waals surface area (Å²) in [6.07, 6.45) is 2.86. The molecule has 1 aromatic rings. The van der Waals surface area contributed by atoms with E-state index in [9.17, 15) is 4.79 Å². The van der Waals surface area contributed by atoms with Crippen molar-refractivity contribution in [3.8, 4) is 0 Å². The van der Waals surface area contributed by atoms with Crippen LogP contribution >= 0.6 is 0 Å². The molecule has 1 saturated carbocycles. The van der Waals surface area contributed by atoms with E-state index >= 15 is 0 Å². The van der Waals surface area contributed by atoms with Crippen LogP contribution in [-0.4, -0.2) is 11.9 Å². The number of benzene rings is 1. The van der Waals surface area contributed by atoms with Gasteiger partial charge in [-0.05, 0) is 38.3 Å². The molecule has 17 heavy (non-hydrogen) atoms. The highest BCUT2D eigenvalue weighted by molar-refractivity contribution is 5.96. The molecule has 3 heteroatoms. The highest BCUT2D eigenvalue weighted by Crippen LogP contribution is 2.37. The number of carbonyl (C=O) groups excluding carboxylic acids is 1. The van der Waals surface area contributed by atoms with Crippen LogP contribution in [0.4, 0.5) is 5.69 Å². The second kappa shape index (κ2) is 4.49. The van der Waals surface area contributed by atoms with Crippen LogP contribution < -0.4 is 11.1 Å². The molecule has 1 aromatic carbocycles. The van der Waals surface area contributed by atoms with E-state index in [4.69, 9.17) is 5.73 Å². The van der Waals surface area contributed by atoms with E-state index in [1.807, 2.05) is 38.1 Å². The Bertz CT molecular complexity index is 430. The first-order valence-electron chi connectivity index (χ1n) is 6.17. The molecule has 1 amide bonds. The van der Waals surface area contributed by atoms with Crippen LogP contribution in [0.1, 0.15) is 31.7 Å². The van der Waals surface area contributed by atoms with Gasteiger partial charge in [0.2, 0.25) is 5.91 Å². The van der Waals surface area contributed by atoms with Gasteiger partial charge < -0.3 is 11.1 Å². The first-order valence-corrected chi connectivity index (χ1v) is 6.17. The van der Waals surface area contributed by atoms with Crippen molar-refractivity contribution in [1.82, 2.24) is 0 Å². The Morgan fingerprint density at radius 1 is 1.47 bits per heavy atom. The first-order chi connectivity index (χ1) is 8.04. The van der Waals surface area contributed by atoms with E-state index in [-0.39, 0.29) is 11.9 Å². The summed E-state index contributed by atoms with van der Waals surface area (Å²) in [5.41, 5.74) is 7.60. The van der Waals surface area contributed by atoms with Crippen molar-refractivity contribution in [2.45, 2.75) is 39.2 Å². The molecule has 0 aliphatic heterocycles. The van der Waals surface area contributed by atoms with Crippen molar-refractivity contribution < 1.29 is 4.79 Å². The van der Waals surface area contributed by atoms with Gasteiger partial charge in [0, 0.05) is 11.7 Å². The average Bonchev–Trinajstić information content (AvgIpc) is 2.64. The van der Waals surface area contributed by atoms with E-state index in [2.05, 4.69) is 5.32 Å². The number of anilines is 1. The first kappa shape index (κ1) is 12.1. The summed E-state index contributed by atoms with van der Waals surface area (Å²) < 4.78 is 0. The van der Waals surface area contributed by atoms with Crippen molar-refractivity contribution in [3.05, 3.63) is 29.8 Å². The fraction of sp³-hybridized carbons (Fsp3) is 0.500. The molecular formula is C14H20N2O. The maximum absolute atomic E-state index is 12.3. The van der Waals surface area contributed by atoms with Crippen molar-refractivity contribution in [1.29, 1.82) is 0 Å². The molecule has 2 rings (SSSR count). The Kier molecular flexibility index (Phi) is 3.20.